The number of halogens is 1. The second-order valence-electron chi connectivity index (χ2n) is 3.52. The molecule has 1 N–H and O–H groups in total. The van der Waals surface area contributed by atoms with E-state index in [0.29, 0.717) is 10.9 Å². The summed E-state index contributed by atoms with van der Waals surface area (Å²) >= 11 is 0. The smallest absolute Gasteiger partial charge is 0.132 e. The molecule has 0 aliphatic carbocycles. The highest BCUT2D eigenvalue weighted by atomic mass is 19.1. The minimum absolute atomic E-state index is 0.254. The van der Waals surface area contributed by atoms with Gasteiger partial charge >= 0.3 is 0 Å². The topological polar surface area (TPSA) is 41.6 Å². The zero-order valence-electron chi connectivity index (χ0n) is 8.31. The van der Waals surface area contributed by atoms with Gasteiger partial charge in [0.25, 0.3) is 0 Å². The highest BCUT2D eigenvalue weighted by Gasteiger charge is 2.04. The number of benzene rings is 1. The summed E-state index contributed by atoms with van der Waals surface area (Å²) in [5, 5.41) is 7.10. The number of rotatable bonds is 1. The lowest BCUT2D eigenvalue weighted by atomic mass is 10.1. The van der Waals surface area contributed by atoms with Gasteiger partial charge in [0.05, 0.1) is 11.7 Å². The number of fused-ring (bicyclic) bond motifs is 1. The van der Waals surface area contributed by atoms with E-state index in [1.54, 1.807) is 36.8 Å². The average molecular weight is 213 g/mol. The van der Waals surface area contributed by atoms with Crippen LogP contribution in [0.2, 0.25) is 0 Å². The minimum atomic E-state index is -0.254. The lowest BCUT2D eigenvalue weighted by molar-refractivity contribution is 0.639. The van der Waals surface area contributed by atoms with Crippen LogP contribution in [0.5, 0.6) is 0 Å². The largest absolute Gasteiger partial charge is 0.285 e. The Kier molecular flexibility index (Phi) is 1.93. The van der Waals surface area contributed by atoms with Crippen LogP contribution >= 0.6 is 0 Å². The molecule has 3 rings (SSSR count). The van der Waals surface area contributed by atoms with Crippen molar-refractivity contribution in [3.05, 3.63) is 48.7 Å². The molecule has 2 aromatic heterocycles. The normalized spacial score (nSPS) is 10.8. The third kappa shape index (κ3) is 1.35. The van der Waals surface area contributed by atoms with Crippen molar-refractivity contribution in [1.82, 2.24) is 15.2 Å². The maximum Gasteiger partial charge on any atom is 0.132 e. The molecular weight excluding hydrogens is 205 g/mol. The quantitative estimate of drug-likeness (QED) is 0.675. The SMILES string of the molecule is Fc1cccc2ncc(-c3cn[nH]c3)cc12. The van der Waals surface area contributed by atoms with Crippen molar-refractivity contribution in [2.24, 2.45) is 0 Å². The number of pyridine rings is 1. The van der Waals surface area contributed by atoms with Crippen molar-refractivity contribution < 1.29 is 4.39 Å². The van der Waals surface area contributed by atoms with Crippen molar-refractivity contribution in [3.63, 3.8) is 0 Å². The summed E-state index contributed by atoms with van der Waals surface area (Å²) in [5.74, 6) is -0.254. The van der Waals surface area contributed by atoms with Gasteiger partial charge in [-0.05, 0) is 18.2 Å². The number of hydrogen-bond donors (Lipinski definition) is 1. The molecule has 3 aromatic rings. The van der Waals surface area contributed by atoms with E-state index in [-0.39, 0.29) is 5.82 Å². The van der Waals surface area contributed by atoms with Gasteiger partial charge < -0.3 is 0 Å². The van der Waals surface area contributed by atoms with E-state index in [1.807, 2.05) is 0 Å². The first-order chi connectivity index (χ1) is 7.84. The summed E-state index contributed by atoms with van der Waals surface area (Å²) in [5.41, 5.74) is 2.41. The number of hydrogen-bond acceptors (Lipinski definition) is 2. The van der Waals surface area contributed by atoms with Gasteiger partial charge in [-0.2, -0.15) is 5.10 Å². The molecule has 3 nitrogen and oxygen atoms in total. The van der Waals surface area contributed by atoms with E-state index < -0.39 is 0 Å². The molecule has 0 bridgehead atoms. The molecule has 0 fully saturated rings. The van der Waals surface area contributed by atoms with Gasteiger partial charge in [-0.25, -0.2) is 4.39 Å². The molecule has 16 heavy (non-hydrogen) atoms. The third-order valence-corrected chi connectivity index (χ3v) is 2.50. The van der Waals surface area contributed by atoms with Crippen molar-refractivity contribution in [1.29, 1.82) is 0 Å². The molecule has 0 saturated carbocycles. The molecule has 0 amide bonds. The Labute approximate surface area is 91.0 Å². The van der Waals surface area contributed by atoms with E-state index in [0.717, 1.165) is 11.1 Å². The van der Waals surface area contributed by atoms with Gasteiger partial charge in [-0.1, -0.05) is 6.07 Å². The van der Waals surface area contributed by atoms with E-state index in [4.69, 9.17) is 0 Å². The van der Waals surface area contributed by atoms with Crippen LogP contribution in [0, 0.1) is 5.82 Å². The maximum absolute atomic E-state index is 13.5. The van der Waals surface area contributed by atoms with Crippen molar-refractivity contribution >= 4 is 10.9 Å². The zero-order chi connectivity index (χ0) is 11.0. The second kappa shape index (κ2) is 3.41. The fourth-order valence-corrected chi connectivity index (χ4v) is 1.68. The Hall–Kier alpha value is -2.23. The van der Waals surface area contributed by atoms with E-state index in [1.165, 1.54) is 6.07 Å². The fraction of sp³-hybridized carbons (Fsp3) is 0. The van der Waals surface area contributed by atoms with Crippen molar-refractivity contribution in [3.8, 4) is 11.1 Å². The molecule has 0 aliphatic rings. The first-order valence-electron chi connectivity index (χ1n) is 4.88. The van der Waals surface area contributed by atoms with Gasteiger partial charge in [0.15, 0.2) is 0 Å². The highest BCUT2D eigenvalue weighted by Crippen LogP contribution is 2.23. The van der Waals surface area contributed by atoms with Crippen LogP contribution in [0.1, 0.15) is 0 Å². The first-order valence-corrected chi connectivity index (χ1v) is 4.88. The summed E-state index contributed by atoms with van der Waals surface area (Å²) in [7, 11) is 0. The Balaban J connectivity index is 2.27. The predicted octanol–water partition coefficient (Wildman–Crippen LogP) is 2.76. The number of nitrogens with zero attached hydrogens (tertiary/aromatic N) is 2. The summed E-state index contributed by atoms with van der Waals surface area (Å²) in [4.78, 5) is 4.22. The molecule has 0 radical (unpaired) electrons. The molecule has 0 unspecified atom stereocenters. The Morgan fingerprint density at radius 1 is 1.12 bits per heavy atom. The molecule has 0 saturated heterocycles. The lowest BCUT2D eigenvalue weighted by Gasteiger charge is -2.01. The average Bonchev–Trinajstić information content (AvgIpc) is 2.83. The first kappa shape index (κ1) is 9.03. The molecule has 0 atom stereocenters. The Morgan fingerprint density at radius 3 is 2.88 bits per heavy atom. The summed E-state index contributed by atoms with van der Waals surface area (Å²) in [6, 6.07) is 6.66. The van der Waals surface area contributed by atoms with Crippen LogP contribution in [-0.2, 0) is 0 Å². The molecule has 78 valence electrons. The monoisotopic (exact) mass is 213 g/mol. The number of aromatic amines is 1. The number of nitrogens with one attached hydrogen (secondary N) is 1. The van der Waals surface area contributed by atoms with Crippen LogP contribution in [0.15, 0.2) is 42.9 Å². The molecule has 0 aliphatic heterocycles. The number of aromatic nitrogens is 3. The summed E-state index contributed by atoms with van der Waals surface area (Å²) < 4.78 is 13.5. The van der Waals surface area contributed by atoms with Gasteiger partial charge in [0.2, 0.25) is 0 Å². The van der Waals surface area contributed by atoms with Gasteiger partial charge in [-0.3, -0.25) is 10.1 Å². The molecular formula is C12H8FN3. The van der Waals surface area contributed by atoms with Crippen molar-refractivity contribution in [2.75, 3.05) is 0 Å². The van der Waals surface area contributed by atoms with Crippen molar-refractivity contribution in [2.45, 2.75) is 0 Å². The van der Waals surface area contributed by atoms with Crippen LogP contribution in [0.4, 0.5) is 4.39 Å². The van der Waals surface area contributed by atoms with E-state index >= 15 is 0 Å². The molecule has 1 aromatic carbocycles. The van der Waals surface area contributed by atoms with E-state index in [9.17, 15) is 4.39 Å². The summed E-state index contributed by atoms with van der Waals surface area (Å²) in [6.07, 6.45) is 5.15. The maximum atomic E-state index is 13.5. The van der Waals surface area contributed by atoms with Gasteiger partial charge in [0, 0.05) is 28.9 Å². The van der Waals surface area contributed by atoms with Gasteiger partial charge in [-0.15, -0.1) is 0 Å². The third-order valence-electron chi connectivity index (χ3n) is 2.50. The molecule has 0 spiro atoms. The molecule has 4 heteroatoms. The van der Waals surface area contributed by atoms with Crippen LogP contribution in [0.25, 0.3) is 22.0 Å². The van der Waals surface area contributed by atoms with Gasteiger partial charge in [0.1, 0.15) is 5.82 Å². The standard InChI is InChI=1S/C12H8FN3/c13-11-2-1-3-12-10(11)4-8(5-14-12)9-6-15-16-7-9/h1-7H,(H,15,16). The predicted molar refractivity (Wildman–Crippen MR) is 59.3 cm³/mol. The Morgan fingerprint density at radius 2 is 2.06 bits per heavy atom. The lowest BCUT2D eigenvalue weighted by Crippen LogP contribution is -1.84. The zero-order valence-corrected chi connectivity index (χ0v) is 8.31. The fourth-order valence-electron chi connectivity index (χ4n) is 1.68. The number of H-pyrrole nitrogens is 1. The van der Waals surface area contributed by atoms with Crippen LogP contribution < -0.4 is 0 Å². The minimum Gasteiger partial charge on any atom is -0.285 e. The van der Waals surface area contributed by atoms with Crippen LogP contribution in [0.3, 0.4) is 0 Å². The second-order valence-corrected chi connectivity index (χ2v) is 3.52. The van der Waals surface area contributed by atoms with Crippen LogP contribution in [-0.4, -0.2) is 15.2 Å². The van der Waals surface area contributed by atoms with E-state index in [2.05, 4.69) is 15.2 Å². The highest BCUT2D eigenvalue weighted by molar-refractivity contribution is 5.83. The molecule has 2 heterocycles. The summed E-state index contributed by atoms with van der Waals surface area (Å²) in [6.45, 7) is 0. The Bertz CT molecular complexity index is 632.